The summed E-state index contributed by atoms with van der Waals surface area (Å²) < 4.78 is 2.14. The molecule has 2 aliphatic heterocycles. The summed E-state index contributed by atoms with van der Waals surface area (Å²) in [7, 11) is 0. The largest absolute Gasteiger partial charge is 0.325 e. The van der Waals surface area contributed by atoms with Gasteiger partial charge in [-0.1, -0.05) is 37.3 Å². The molecule has 4 aromatic heterocycles. The van der Waals surface area contributed by atoms with Gasteiger partial charge in [0.25, 0.3) is 0 Å². The third-order valence-corrected chi connectivity index (χ3v) is 10.8. The molecule has 0 unspecified atom stereocenters. The maximum atomic E-state index is 14.1. The molecule has 0 radical (unpaired) electrons. The lowest BCUT2D eigenvalue weighted by Gasteiger charge is -2.30. The molecule has 1 saturated heterocycles. The van der Waals surface area contributed by atoms with Crippen LogP contribution < -0.4 is 5.32 Å². The van der Waals surface area contributed by atoms with Crippen LogP contribution in [0.2, 0.25) is 0 Å². The van der Waals surface area contributed by atoms with Gasteiger partial charge in [-0.15, -0.1) is 0 Å². The Labute approximate surface area is 297 Å². The number of benzene rings is 1. The van der Waals surface area contributed by atoms with Gasteiger partial charge in [-0.3, -0.25) is 28.9 Å². The molecule has 2 amide bonds. The first-order valence-corrected chi connectivity index (χ1v) is 17.6. The van der Waals surface area contributed by atoms with Gasteiger partial charge in [-0.2, -0.15) is 5.10 Å². The molecular weight excluding hydrogens is 698 g/mol. The van der Waals surface area contributed by atoms with Crippen molar-refractivity contribution in [3.63, 3.8) is 0 Å². The number of nitrogens with zero attached hydrogens (tertiary/aromatic N) is 8. The number of piperidine rings is 1. The molecular formula is C37H36BrN9O3. The number of halogens is 1. The van der Waals surface area contributed by atoms with Crippen molar-refractivity contribution in [1.29, 1.82) is 0 Å². The highest BCUT2D eigenvalue weighted by molar-refractivity contribution is 9.10. The summed E-state index contributed by atoms with van der Waals surface area (Å²) in [6, 6.07) is 13.5. The van der Waals surface area contributed by atoms with Crippen LogP contribution in [0.25, 0.3) is 22.2 Å². The summed E-state index contributed by atoms with van der Waals surface area (Å²) in [6.07, 6.45) is 7.35. The van der Waals surface area contributed by atoms with Crippen LogP contribution in [-0.2, 0) is 35.6 Å². The lowest BCUT2D eigenvalue weighted by Crippen LogP contribution is -2.47. The zero-order valence-electron chi connectivity index (χ0n) is 28.1. The third-order valence-electron chi connectivity index (χ3n) is 10.3. The number of likely N-dealkylation sites (tertiary alicyclic amines) is 1. The first kappa shape index (κ1) is 32.3. The summed E-state index contributed by atoms with van der Waals surface area (Å²) in [5, 5.41) is 8.25. The number of anilines is 1. The van der Waals surface area contributed by atoms with Crippen molar-refractivity contribution in [2.45, 2.75) is 71.8 Å². The van der Waals surface area contributed by atoms with E-state index in [0.717, 1.165) is 31.5 Å². The Morgan fingerprint density at radius 1 is 1.02 bits per heavy atom. The molecule has 1 aliphatic carbocycles. The maximum absolute atomic E-state index is 14.1. The van der Waals surface area contributed by atoms with Gasteiger partial charge in [0.05, 0.1) is 17.4 Å². The number of hydrogen-bond acceptors (Lipinski definition) is 9. The Hall–Kier alpha value is -4.88. The summed E-state index contributed by atoms with van der Waals surface area (Å²) in [4.78, 5) is 62.7. The van der Waals surface area contributed by atoms with Crippen LogP contribution in [0.1, 0.15) is 59.7 Å². The summed E-state index contributed by atoms with van der Waals surface area (Å²) >= 11 is 3.48. The number of rotatable bonds is 8. The normalized spacial score (nSPS) is 21.2. The van der Waals surface area contributed by atoms with Crippen LogP contribution in [0.15, 0.2) is 65.7 Å². The SMILES string of the molecule is CC(=O)c1nn(CC(=O)N2[C@H](C(=O)Nc3nc(Br)ccc3CN3CCc4ccccc4C3)C[C@@]3(C)C[C@@H]23)c2cnc(-c3cnc(C)nc3)cc12. The third kappa shape index (κ3) is 5.98. The van der Waals surface area contributed by atoms with E-state index in [2.05, 4.69) is 82.4 Å². The van der Waals surface area contributed by atoms with E-state index in [1.807, 2.05) is 12.1 Å². The average Bonchev–Trinajstić information content (AvgIpc) is 3.46. The fourth-order valence-electron chi connectivity index (χ4n) is 7.54. The molecule has 12 nitrogen and oxygen atoms in total. The van der Waals surface area contributed by atoms with Crippen LogP contribution >= 0.6 is 15.9 Å². The monoisotopic (exact) mass is 733 g/mol. The van der Waals surface area contributed by atoms with Crippen LogP contribution in [0.4, 0.5) is 5.82 Å². The molecule has 50 heavy (non-hydrogen) atoms. The van der Waals surface area contributed by atoms with E-state index in [1.54, 1.807) is 36.5 Å². The van der Waals surface area contributed by atoms with Crippen molar-refractivity contribution < 1.29 is 14.4 Å². The molecule has 3 aliphatic rings. The quantitative estimate of drug-likeness (QED) is 0.170. The minimum Gasteiger partial charge on any atom is -0.325 e. The number of Topliss-reactive ketones (excluding diaryl/α,β-unsaturated/α-hetero) is 1. The highest BCUT2D eigenvalue weighted by Gasteiger charge is 2.64. The molecule has 6 heterocycles. The molecule has 0 spiro atoms. The maximum Gasteiger partial charge on any atom is 0.248 e. The van der Waals surface area contributed by atoms with Crippen molar-refractivity contribution in [1.82, 2.24) is 39.5 Å². The summed E-state index contributed by atoms with van der Waals surface area (Å²) in [6.45, 7) is 7.62. The van der Waals surface area contributed by atoms with Gasteiger partial charge in [0, 0.05) is 61.5 Å². The van der Waals surface area contributed by atoms with E-state index in [1.165, 1.54) is 22.7 Å². The van der Waals surface area contributed by atoms with E-state index in [4.69, 9.17) is 0 Å². The van der Waals surface area contributed by atoms with Gasteiger partial charge in [-0.25, -0.2) is 15.0 Å². The fraction of sp³-hybridized carbons (Fsp3) is 0.351. The second kappa shape index (κ2) is 12.5. The van der Waals surface area contributed by atoms with Gasteiger partial charge in [0.1, 0.15) is 34.5 Å². The molecule has 13 heteroatoms. The van der Waals surface area contributed by atoms with E-state index in [-0.39, 0.29) is 41.3 Å². The van der Waals surface area contributed by atoms with Gasteiger partial charge in [0.2, 0.25) is 11.8 Å². The lowest BCUT2D eigenvalue weighted by molar-refractivity contribution is -0.138. The summed E-state index contributed by atoms with van der Waals surface area (Å²) in [5.41, 5.74) is 5.60. The highest BCUT2D eigenvalue weighted by Crippen LogP contribution is 2.59. The second-order valence-corrected chi connectivity index (χ2v) is 14.7. The smallest absolute Gasteiger partial charge is 0.248 e. The first-order chi connectivity index (χ1) is 24.1. The van der Waals surface area contributed by atoms with E-state index >= 15 is 0 Å². The first-order valence-electron chi connectivity index (χ1n) is 16.8. The predicted octanol–water partition coefficient (Wildman–Crippen LogP) is 5.13. The van der Waals surface area contributed by atoms with Gasteiger partial charge < -0.3 is 10.2 Å². The topological polar surface area (TPSA) is 139 Å². The Balaban J connectivity index is 1.03. The van der Waals surface area contributed by atoms with Gasteiger partial charge >= 0.3 is 0 Å². The minimum absolute atomic E-state index is 0.0468. The van der Waals surface area contributed by atoms with Crippen LogP contribution in [0.3, 0.4) is 0 Å². The van der Waals surface area contributed by atoms with Crippen LogP contribution in [-0.4, -0.2) is 75.7 Å². The Morgan fingerprint density at radius 3 is 2.58 bits per heavy atom. The standard InChI is InChI=1S/C37H36BrN9O3/c1-21(48)34-27-12-28(26-15-39-22(2)40-16-26)41-17-30(27)46(44-34)20-33(49)47-29(13-37(3)14-31(37)47)36(50)43-35-25(8-9-32(38)42-35)19-45-11-10-23-6-4-5-7-24(23)18-45/h4-9,12,15-17,29,31H,10-11,13-14,18-20H2,1-3H3,(H,42,43,50)/t29-,31+,37-/m0/s1. The number of pyridine rings is 2. The molecule has 5 aromatic rings. The van der Waals surface area contributed by atoms with Crippen molar-refractivity contribution in [2.24, 2.45) is 5.41 Å². The number of amides is 2. The zero-order chi connectivity index (χ0) is 34.7. The molecule has 8 rings (SSSR count). The van der Waals surface area contributed by atoms with E-state index in [9.17, 15) is 14.4 Å². The number of nitrogens with one attached hydrogen (secondary N) is 1. The van der Waals surface area contributed by atoms with E-state index < -0.39 is 6.04 Å². The molecule has 1 aromatic carbocycles. The molecule has 254 valence electrons. The number of ketones is 1. The van der Waals surface area contributed by atoms with Crippen molar-refractivity contribution in [2.75, 3.05) is 11.9 Å². The predicted molar refractivity (Wildman–Crippen MR) is 190 cm³/mol. The number of carbonyl (C=O) groups is 3. The van der Waals surface area contributed by atoms with E-state index in [0.29, 0.717) is 51.4 Å². The molecule has 1 saturated carbocycles. The number of carbonyl (C=O) groups excluding carboxylic acids is 3. The Morgan fingerprint density at radius 2 is 1.80 bits per heavy atom. The number of aromatic nitrogens is 6. The van der Waals surface area contributed by atoms with Crippen LogP contribution in [0.5, 0.6) is 0 Å². The van der Waals surface area contributed by atoms with Gasteiger partial charge in [0.15, 0.2) is 5.78 Å². The number of hydrogen-bond donors (Lipinski definition) is 1. The highest BCUT2D eigenvalue weighted by atomic mass is 79.9. The molecule has 3 atom stereocenters. The second-order valence-electron chi connectivity index (χ2n) is 13.9. The molecule has 1 N–H and O–H groups in total. The average molecular weight is 735 g/mol. The van der Waals surface area contributed by atoms with Crippen molar-refractivity contribution >= 4 is 50.2 Å². The lowest BCUT2D eigenvalue weighted by atomic mass is 9.99. The molecule has 0 bridgehead atoms. The number of fused-ring (bicyclic) bond motifs is 3. The fourth-order valence-corrected chi connectivity index (χ4v) is 7.84. The summed E-state index contributed by atoms with van der Waals surface area (Å²) in [5.74, 6) is 0.415. The molecule has 2 fully saturated rings. The van der Waals surface area contributed by atoms with Crippen LogP contribution in [0, 0.1) is 12.3 Å². The van der Waals surface area contributed by atoms with Crippen molar-refractivity contribution in [3.8, 4) is 11.3 Å². The zero-order valence-corrected chi connectivity index (χ0v) is 29.6. The van der Waals surface area contributed by atoms with Gasteiger partial charge in [-0.05, 0) is 70.8 Å². The number of aryl methyl sites for hydroxylation is 1. The Bertz CT molecular complexity index is 2190. The van der Waals surface area contributed by atoms with Crippen molar-refractivity contribution in [3.05, 3.63) is 93.9 Å². The Kier molecular flexibility index (Phi) is 8.06. The minimum atomic E-state index is -0.665.